The van der Waals surface area contributed by atoms with E-state index >= 15 is 0 Å². The molecule has 0 bridgehead atoms. The first kappa shape index (κ1) is 17.4. The zero-order valence-electron chi connectivity index (χ0n) is 11.3. The summed E-state index contributed by atoms with van der Waals surface area (Å²) in [6, 6.07) is 8.12. The fourth-order valence-electron chi connectivity index (χ4n) is 0.892. The summed E-state index contributed by atoms with van der Waals surface area (Å²) >= 11 is 0. The average molecular weight is 226 g/mol. The molecular formula is C14H26O2. The Morgan fingerprint density at radius 3 is 2.12 bits per heavy atom. The van der Waals surface area contributed by atoms with Crippen molar-refractivity contribution < 1.29 is 9.84 Å². The second-order valence-corrected chi connectivity index (χ2v) is 2.93. The molecule has 0 atom stereocenters. The highest BCUT2D eigenvalue weighted by atomic mass is 16.5. The third-order valence-corrected chi connectivity index (χ3v) is 1.77. The Balaban J connectivity index is 0. The van der Waals surface area contributed by atoms with Crippen LogP contribution in [0.3, 0.4) is 0 Å². The minimum atomic E-state index is 0.319. The highest BCUT2D eigenvalue weighted by molar-refractivity contribution is 5.28. The van der Waals surface area contributed by atoms with Gasteiger partial charge in [0.05, 0.1) is 7.11 Å². The van der Waals surface area contributed by atoms with Gasteiger partial charge in [0.15, 0.2) is 0 Å². The number of benzene rings is 1. The molecule has 0 heterocycles. The van der Waals surface area contributed by atoms with Gasteiger partial charge in [0.25, 0.3) is 0 Å². The molecule has 0 unspecified atom stereocenters. The number of aliphatic hydroxyl groups is 1. The van der Waals surface area contributed by atoms with Crippen LogP contribution in [0.25, 0.3) is 0 Å². The topological polar surface area (TPSA) is 29.5 Å². The van der Waals surface area contributed by atoms with Crippen molar-refractivity contribution in [2.75, 3.05) is 13.7 Å². The van der Waals surface area contributed by atoms with Crippen molar-refractivity contribution in [3.63, 3.8) is 0 Å². The molecule has 0 spiro atoms. The Labute approximate surface area is 100 Å². The summed E-state index contributed by atoms with van der Waals surface area (Å²) in [4.78, 5) is 0. The number of hydrogen-bond donors (Lipinski definition) is 1. The lowest BCUT2D eigenvalue weighted by Gasteiger charge is -2.00. The fraction of sp³-hybridized carbons (Fsp3) is 0.571. The van der Waals surface area contributed by atoms with E-state index in [0.717, 1.165) is 18.6 Å². The Morgan fingerprint density at radius 2 is 1.75 bits per heavy atom. The van der Waals surface area contributed by atoms with Crippen LogP contribution in [0.1, 0.15) is 39.7 Å². The normalized spacial score (nSPS) is 8.12. The summed E-state index contributed by atoms with van der Waals surface area (Å²) in [6.45, 7) is 8.38. The second kappa shape index (κ2) is 14.0. The Bertz CT molecular complexity index is 213. The van der Waals surface area contributed by atoms with E-state index in [1.54, 1.807) is 7.11 Å². The molecule has 1 aromatic carbocycles. The van der Waals surface area contributed by atoms with Gasteiger partial charge in [0.1, 0.15) is 5.75 Å². The first-order chi connectivity index (χ1) is 7.78. The maximum Gasteiger partial charge on any atom is 0.119 e. The third-order valence-electron chi connectivity index (χ3n) is 1.77. The van der Waals surface area contributed by atoms with Gasteiger partial charge in [0.2, 0.25) is 0 Å². The van der Waals surface area contributed by atoms with E-state index < -0.39 is 0 Å². The lowest BCUT2D eigenvalue weighted by molar-refractivity contribution is 0.295. The van der Waals surface area contributed by atoms with Gasteiger partial charge in [-0.3, -0.25) is 0 Å². The summed E-state index contributed by atoms with van der Waals surface area (Å²) in [6.07, 6.45) is 1.94. The predicted octanol–water partition coefficient (Wildman–Crippen LogP) is 3.67. The predicted molar refractivity (Wildman–Crippen MR) is 71.1 cm³/mol. The molecule has 1 aromatic rings. The Morgan fingerprint density at radius 1 is 1.19 bits per heavy atom. The molecule has 0 radical (unpaired) electrons. The molecule has 0 saturated carbocycles. The average Bonchev–Trinajstić information content (AvgIpc) is 2.41. The number of rotatable bonds is 3. The largest absolute Gasteiger partial charge is 0.497 e. The van der Waals surface area contributed by atoms with Gasteiger partial charge >= 0.3 is 0 Å². The molecule has 0 amide bonds. The SMILES string of the molecule is CC.CCCO.CCc1cccc(OC)c1. The van der Waals surface area contributed by atoms with Crippen LogP contribution < -0.4 is 4.74 Å². The van der Waals surface area contributed by atoms with Crippen LogP contribution in [0.4, 0.5) is 0 Å². The van der Waals surface area contributed by atoms with Gasteiger partial charge in [-0.25, -0.2) is 0 Å². The smallest absolute Gasteiger partial charge is 0.119 e. The van der Waals surface area contributed by atoms with E-state index in [9.17, 15) is 0 Å². The molecule has 0 fully saturated rings. The van der Waals surface area contributed by atoms with E-state index in [1.807, 2.05) is 32.9 Å². The van der Waals surface area contributed by atoms with Crippen LogP contribution in [0.5, 0.6) is 5.75 Å². The summed E-state index contributed by atoms with van der Waals surface area (Å²) in [5.74, 6) is 0.944. The van der Waals surface area contributed by atoms with Crippen molar-refractivity contribution in [2.45, 2.75) is 40.5 Å². The fourth-order valence-corrected chi connectivity index (χ4v) is 0.892. The molecule has 0 aromatic heterocycles. The van der Waals surface area contributed by atoms with E-state index in [-0.39, 0.29) is 0 Å². The van der Waals surface area contributed by atoms with Crippen molar-refractivity contribution in [1.82, 2.24) is 0 Å². The molecule has 2 heteroatoms. The standard InChI is InChI=1S/C9H12O.C3H8O.C2H6/c1-3-8-5-4-6-9(7-8)10-2;1-2-3-4;1-2/h4-7H,3H2,1-2H3;4H,2-3H2,1H3;1-2H3. The van der Waals surface area contributed by atoms with Crippen LogP contribution in [-0.2, 0) is 6.42 Å². The first-order valence-corrected chi connectivity index (χ1v) is 6.02. The summed E-state index contributed by atoms with van der Waals surface area (Å²) in [7, 11) is 1.69. The maximum absolute atomic E-state index is 7.88. The van der Waals surface area contributed by atoms with Crippen LogP contribution in [0.2, 0.25) is 0 Å². The molecule has 1 rings (SSSR count). The van der Waals surface area contributed by atoms with Gasteiger partial charge in [-0.2, -0.15) is 0 Å². The molecule has 2 nitrogen and oxygen atoms in total. The number of aliphatic hydroxyl groups excluding tert-OH is 1. The van der Waals surface area contributed by atoms with Crippen LogP contribution in [0, 0.1) is 0 Å². The quantitative estimate of drug-likeness (QED) is 0.852. The molecule has 0 aliphatic carbocycles. The van der Waals surface area contributed by atoms with E-state index in [1.165, 1.54) is 5.56 Å². The zero-order chi connectivity index (χ0) is 12.8. The lowest BCUT2D eigenvalue weighted by atomic mass is 10.2. The van der Waals surface area contributed by atoms with Crippen molar-refractivity contribution >= 4 is 0 Å². The number of aryl methyl sites for hydroxylation is 1. The maximum atomic E-state index is 7.88. The van der Waals surface area contributed by atoms with Crippen LogP contribution in [0.15, 0.2) is 24.3 Å². The lowest BCUT2D eigenvalue weighted by Crippen LogP contribution is -1.84. The first-order valence-electron chi connectivity index (χ1n) is 6.02. The van der Waals surface area contributed by atoms with E-state index in [0.29, 0.717) is 6.61 Å². The molecule has 1 N–H and O–H groups in total. The minimum Gasteiger partial charge on any atom is -0.497 e. The van der Waals surface area contributed by atoms with E-state index in [4.69, 9.17) is 9.84 Å². The molecule has 94 valence electrons. The second-order valence-electron chi connectivity index (χ2n) is 2.93. The highest BCUT2D eigenvalue weighted by Crippen LogP contribution is 2.12. The minimum absolute atomic E-state index is 0.319. The molecule has 0 saturated heterocycles. The van der Waals surface area contributed by atoms with E-state index in [2.05, 4.69) is 19.1 Å². The Kier molecular flexibility index (Phi) is 15.2. The molecule has 16 heavy (non-hydrogen) atoms. The van der Waals surface area contributed by atoms with Gasteiger partial charge in [0, 0.05) is 6.61 Å². The van der Waals surface area contributed by atoms with Gasteiger partial charge < -0.3 is 9.84 Å². The molecular weight excluding hydrogens is 200 g/mol. The van der Waals surface area contributed by atoms with Gasteiger partial charge in [-0.1, -0.05) is 39.8 Å². The summed E-state index contributed by atoms with van der Waals surface area (Å²) in [5.41, 5.74) is 1.32. The van der Waals surface area contributed by atoms with Crippen molar-refractivity contribution in [2.24, 2.45) is 0 Å². The number of methoxy groups -OCH3 is 1. The molecule has 0 aliphatic heterocycles. The van der Waals surface area contributed by atoms with Gasteiger partial charge in [-0.05, 0) is 30.5 Å². The van der Waals surface area contributed by atoms with Crippen molar-refractivity contribution in [3.05, 3.63) is 29.8 Å². The number of ether oxygens (including phenoxy) is 1. The third kappa shape index (κ3) is 9.53. The zero-order valence-corrected chi connectivity index (χ0v) is 11.3. The van der Waals surface area contributed by atoms with Gasteiger partial charge in [-0.15, -0.1) is 0 Å². The Hall–Kier alpha value is -1.02. The highest BCUT2D eigenvalue weighted by Gasteiger charge is 1.90. The van der Waals surface area contributed by atoms with Crippen molar-refractivity contribution in [1.29, 1.82) is 0 Å². The van der Waals surface area contributed by atoms with Crippen molar-refractivity contribution in [3.8, 4) is 5.75 Å². The summed E-state index contributed by atoms with van der Waals surface area (Å²) in [5, 5.41) is 7.88. The summed E-state index contributed by atoms with van der Waals surface area (Å²) < 4.78 is 5.06. The van der Waals surface area contributed by atoms with Crippen LogP contribution >= 0.6 is 0 Å². The van der Waals surface area contributed by atoms with Crippen LogP contribution in [-0.4, -0.2) is 18.8 Å². The monoisotopic (exact) mass is 226 g/mol. The number of hydrogen-bond acceptors (Lipinski definition) is 2. The molecule has 0 aliphatic rings.